The van der Waals surface area contributed by atoms with E-state index in [2.05, 4.69) is 0 Å². The Hall–Kier alpha value is -1.42. The van der Waals surface area contributed by atoms with E-state index in [9.17, 15) is 9.90 Å². The Labute approximate surface area is 112 Å². The fourth-order valence-corrected chi connectivity index (χ4v) is 1.75. The zero-order valence-corrected chi connectivity index (χ0v) is 11.9. The van der Waals surface area contributed by atoms with Gasteiger partial charge in [0.15, 0.2) is 17.3 Å². The molecule has 3 nitrogen and oxygen atoms in total. The van der Waals surface area contributed by atoms with Crippen molar-refractivity contribution in [3.05, 3.63) is 34.2 Å². The third kappa shape index (κ3) is 3.53. The summed E-state index contributed by atoms with van der Waals surface area (Å²) >= 11 is 1.52. The van der Waals surface area contributed by atoms with Crippen molar-refractivity contribution in [2.75, 3.05) is 12.9 Å². The van der Waals surface area contributed by atoms with Gasteiger partial charge in [0.25, 0.3) is 0 Å². The van der Waals surface area contributed by atoms with E-state index in [0.29, 0.717) is 17.9 Å². The Morgan fingerprint density at radius 3 is 2.72 bits per heavy atom. The smallest absolute Gasteiger partial charge is 0.187 e. The monoisotopic (exact) mass is 266 g/mol. The number of rotatable bonds is 5. The van der Waals surface area contributed by atoms with Crippen LogP contribution in [-0.4, -0.2) is 23.8 Å². The first kappa shape index (κ1) is 14.6. The summed E-state index contributed by atoms with van der Waals surface area (Å²) in [6.45, 7) is 6.04. The number of ketones is 1. The highest BCUT2D eigenvalue weighted by atomic mass is 32.2. The highest BCUT2D eigenvalue weighted by molar-refractivity contribution is 8.02. The first-order chi connectivity index (χ1) is 8.49. The summed E-state index contributed by atoms with van der Waals surface area (Å²) in [4.78, 5) is 13.0. The fraction of sp³-hybridized carbons (Fsp3) is 0.357. The van der Waals surface area contributed by atoms with Crippen LogP contribution in [0.2, 0.25) is 0 Å². The van der Waals surface area contributed by atoms with Crippen LogP contribution in [-0.2, 0) is 0 Å². The van der Waals surface area contributed by atoms with Crippen molar-refractivity contribution in [1.82, 2.24) is 0 Å². The van der Waals surface area contributed by atoms with Crippen molar-refractivity contribution in [2.45, 2.75) is 20.8 Å². The minimum absolute atomic E-state index is 0.000930. The van der Waals surface area contributed by atoms with Crippen molar-refractivity contribution in [1.29, 1.82) is 0 Å². The van der Waals surface area contributed by atoms with E-state index in [1.54, 1.807) is 12.1 Å². The molecule has 98 valence electrons. The molecular weight excluding hydrogens is 248 g/mol. The summed E-state index contributed by atoms with van der Waals surface area (Å²) in [6, 6.07) is 3.15. The van der Waals surface area contributed by atoms with Gasteiger partial charge < -0.3 is 9.84 Å². The van der Waals surface area contributed by atoms with Gasteiger partial charge in [-0.15, -0.1) is 11.8 Å². The average Bonchev–Trinajstić information content (AvgIpc) is 2.33. The van der Waals surface area contributed by atoms with Crippen molar-refractivity contribution < 1.29 is 14.6 Å². The van der Waals surface area contributed by atoms with E-state index in [-0.39, 0.29) is 11.5 Å². The van der Waals surface area contributed by atoms with Gasteiger partial charge in [-0.05, 0) is 55.7 Å². The molecule has 0 fully saturated rings. The summed E-state index contributed by atoms with van der Waals surface area (Å²) < 4.78 is 5.27. The largest absolute Gasteiger partial charge is 0.504 e. The molecule has 1 rings (SSSR count). The quantitative estimate of drug-likeness (QED) is 0.654. The van der Waals surface area contributed by atoms with Gasteiger partial charge in [0, 0.05) is 5.56 Å². The molecule has 0 saturated carbocycles. The molecule has 0 aliphatic heterocycles. The fourth-order valence-electron chi connectivity index (χ4n) is 1.53. The molecule has 0 unspecified atom stereocenters. The molecule has 0 amide bonds. The molecule has 0 heterocycles. The van der Waals surface area contributed by atoms with E-state index in [0.717, 1.165) is 10.5 Å². The molecule has 0 spiro atoms. The lowest BCUT2D eigenvalue weighted by molar-refractivity contribution is 0.104. The Morgan fingerprint density at radius 2 is 2.17 bits per heavy atom. The van der Waals surface area contributed by atoms with Crippen molar-refractivity contribution in [3.8, 4) is 11.5 Å². The molecule has 1 N–H and O–H groups in total. The van der Waals surface area contributed by atoms with Crippen molar-refractivity contribution in [2.24, 2.45) is 0 Å². The summed E-state index contributed by atoms with van der Waals surface area (Å²) in [7, 11) is 0. The zero-order valence-electron chi connectivity index (χ0n) is 11.1. The first-order valence-corrected chi connectivity index (χ1v) is 6.95. The van der Waals surface area contributed by atoms with Gasteiger partial charge >= 0.3 is 0 Å². The molecule has 0 aromatic heterocycles. The van der Waals surface area contributed by atoms with Crippen LogP contribution in [0.15, 0.2) is 23.1 Å². The van der Waals surface area contributed by atoms with E-state index in [4.69, 9.17) is 4.74 Å². The molecule has 0 saturated heterocycles. The number of thioether (sulfide) groups is 1. The van der Waals surface area contributed by atoms with Crippen LogP contribution in [0.4, 0.5) is 0 Å². The van der Waals surface area contributed by atoms with Crippen LogP contribution in [0.25, 0.3) is 0 Å². The maximum Gasteiger partial charge on any atom is 0.187 e. The average molecular weight is 266 g/mol. The topological polar surface area (TPSA) is 46.5 Å². The number of hydrogen-bond acceptors (Lipinski definition) is 4. The Kier molecular flexibility index (Phi) is 5.28. The molecule has 0 radical (unpaired) electrons. The summed E-state index contributed by atoms with van der Waals surface area (Å²) in [5, 5.41) is 9.78. The van der Waals surface area contributed by atoms with Crippen LogP contribution >= 0.6 is 11.8 Å². The van der Waals surface area contributed by atoms with Gasteiger partial charge in [0.05, 0.1) is 6.61 Å². The first-order valence-electron chi connectivity index (χ1n) is 5.72. The third-order valence-corrected chi connectivity index (χ3v) is 3.29. The van der Waals surface area contributed by atoms with E-state index in [1.807, 2.05) is 27.0 Å². The summed E-state index contributed by atoms with van der Waals surface area (Å²) in [6.07, 6.45) is 3.49. The van der Waals surface area contributed by atoms with Crippen LogP contribution in [0.3, 0.4) is 0 Å². The second-order valence-electron chi connectivity index (χ2n) is 3.89. The number of phenolic OH excluding ortho intramolecular Hbond substituents is 1. The third-order valence-electron chi connectivity index (χ3n) is 2.53. The molecular formula is C14H18O3S. The predicted octanol–water partition coefficient (Wildman–Crippen LogP) is 3.55. The number of carbonyl (C=O) groups is 1. The lowest BCUT2D eigenvalue weighted by Gasteiger charge is -2.09. The van der Waals surface area contributed by atoms with Gasteiger partial charge in [-0.25, -0.2) is 0 Å². The van der Waals surface area contributed by atoms with Gasteiger partial charge in [-0.1, -0.05) is 0 Å². The normalized spacial score (nSPS) is 11.4. The molecule has 0 bridgehead atoms. The Bertz CT molecular complexity index is 478. The molecule has 0 aliphatic carbocycles. The van der Waals surface area contributed by atoms with Gasteiger partial charge in [0.1, 0.15) is 0 Å². The lowest BCUT2D eigenvalue weighted by Crippen LogP contribution is -2.00. The van der Waals surface area contributed by atoms with Crippen LogP contribution in [0.1, 0.15) is 29.8 Å². The molecule has 0 aliphatic rings. The van der Waals surface area contributed by atoms with Crippen LogP contribution in [0, 0.1) is 6.92 Å². The SMILES string of the molecule is CCOc1cc(C)c(C(=O)/C=C(\C)SC)cc1O. The molecule has 0 atom stereocenters. The standard InChI is InChI=1S/C14H18O3S/c1-5-17-14-6-9(2)11(8-13(14)16)12(15)7-10(3)18-4/h6-8,16H,5H2,1-4H3/b10-7+. The number of ether oxygens (including phenoxy) is 1. The highest BCUT2D eigenvalue weighted by Crippen LogP contribution is 2.30. The minimum atomic E-state index is -0.0994. The number of aryl methyl sites for hydroxylation is 1. The van der Waals surface area contributed by atoms with Gasteiger partial charge in [-0.3, -0.25) is 4.79 Å². The van der Waals surface area contributed by atoms with E-state index < -0.39 is 0 Å². The Morgan fingerprint density at radius 1 is 1.50 bits per heavy atom. The second kappa shape index (κ2) is 6.50. The molecule has 1 aromatic rings. The van der Waals surface area contributed by atoms with Crippen molar-refractivity contribution >= 4 is 17.5 Å². The van der Waals surface area contributed by atoms with Gasteiger partial charge in [-0.2, -0.15) is 0 Å². The maximum absolute atomic E-state index is 12.0. The van der Waals surface area contributed by atoms with Gasteiger partial charge in [0.2, 0.25) is 0 Å². The maximum atomic E-state index is 12.0. The number of benzene rings is 1. The van der Waals surface area contributed by atoms with E-state index in [1.165, 1.54) is 17.8 Å². The van der Waals surface area contributed by atoms with Crippen LogP contribution < -0.4 is 4.74 Å². The lowest BCUT2D eigenvalue weighted by atomic mass is 10.0. The van der Waals surface area contributed by atoms with E-state index >= 15 is 0 Å². The summed E-state index contributed by atoms with van der Waals surface area (Å²) in [5.74, 6) is 0.316. The molecule has 18 heavy (non-hydrogen) atoms. The number of carbonyl (C=O) groups excluding carboxylic acids is 1. The van der Waals surface area contributed by atoms with Crippen molar-refractivity contribution in [3.63, 3.8) is 0 Å². The number of phenols is 1. The molecule has 1 aromatic carbocycles. The number of hydrogen-bond donors (Lipinski definition) is 1. The Balaban J connectivity index is 3.11. The summed E-state index contributed by atoms with van der Waals surface area (Å²) in [5.41, 5.74) is 1.30. The second-order valence-corrected chi connectivity index (χ2v) is 4.94. The van der Waals surface area contributed by atoms with Crippen LogP contribution in [0.5, 0.6) is 11.5 Å². The zero-order chi connectivity index (χ0) is 13.7. The number of aromatic hydroxyl groups is 1. The predicted molar refractivity (Wildman–Crippen MR) is 75.6 cm³/mol. The molecule has 4 heteroatoms. The minimum Gasteiger partial charge on any atom is -0.504 e. The highest BCUT2D eigenvalue weighted by Gasteiger charge is 2.12. The number of allylic oxidation sites excluding steroid dienone is 2.